The molecule has 1 aromatic rings. The van der Waals surface area contributed by atoms with Gasteiger partial charge in [0, 0.05) is 21.7 Å². The summed E-state index contributed by atoms with van der Waals surface area (Å²) in [6, 6.07) is 8.06. The molecule has 1 atom stereocenters. The summed E-state index contributed by atoms with van der Waals surface area (Å²) in [5, 5.41) is 10.4. The van der Waals surface area contributed by atoms with Crippen LogP contribution < -0.4 is 5.73 Å². The fraction of sp³-hybridized carbons (Fsp3) is 0.500. The Hall–Kier alpha value is -0.0300. The number of thioether (sulfide) groups is 1. The Morgan fingerprint density at radius 1 is 1.44 bits per heavy atom. The Balaban J connectivity index is 1.98. The first-order valence-electron chi connectivity index (χ1n) is 5.45. The van der Waals surface area contributed by atoms with Crippen LogP contribution in [0.3, 0.4) is 0 Å². The highest BCUT2D eigenvalue weighted by molar-refractivity contribution is 9.10. The van der Waals surface area contributed by atoms with Crippen molar-refractivity contribution >= 4 is 27.7 Å². The second-order valence-corrected chi connectivity index (χ2v) is 6.17. The summed E-state index contributed by atoms with van der Waals surface area (Å²) in [4.78, 5) is 1.16. The minimum Gasteiger partial charge on any atom is -0.387 e. The Labute approximate surface area is 109 Å². The van der Waals surface area contributed by atoms with Crippen molar-refractivity contribution < 1.29 is 5.11 Å². The third-order valence-corrected chi connectivity index (χ3v) is 5.27. The van der Waals surface area contributed by atoms with Gasteiger partial charge in [-0.1, -0.05) is 12.1 Å². The number of hydrogen-bond donors (Lipinski definition) is 2. The van der Waals surface area contributed by atoms with Crippen molar-refractivity contribution in [3.05, 3.63) is 28.7 Å². The highest BCUT2D eigenvalue weighted by atomic mass is 79.9. The predicted molar refractivity (Wildman–Crippen MR) is 71.6 cm³/mol. The summed E-state index contributed by atoms with van der Waals surface area (Å²) < 4.78 is 1.08. The molecule has 1 fully saturated rings. The summed E-state index contributed by atoms with van der Waals surface area (Å²) in [5.41, 5.74) is 4.99. The van der Waals surface area contributed by atoms with Gasteiger partial charge in [-0.05, 0) is 46.8 Å². The molecule has 2 nitrogen and oxygen atoms in total. The number of nitrogens with two attached hydrogens (primary N) is 1. The van der Waals surface area contributed by atoms with Crippen molar-refractivity contribution in [2.75, 3.05) is 12.3 Å². The molecule has 0 spiro atoms. The van der Waals surface area contributed by atoms with Crippen LogP contribution in [0.5, 0.6) is 0 Å². The molecule has 0 saturated heterocycles. The maximum absolute atomic E-state index is 10.4. The zero-order valence-electron chi connectivity index (χ0n) is 9.03. The predicted octanol–water partition coefficient (Wildman–Crippen LogP) is 2.64. The Bertz CT molecular complexity index is 370. The second kappa shape index (κ2) is 5.08. The molecule has 0 radical (unpaired) electrons. The van der Waals surface area contributed by atoms with Gasteiger partial charge in [0.25, 0.3) is 0 Å². The highest BCUT2D eigenvalue weighted by Gasteiger charge is 2.42. The Morgan fingerprint density at radius 3 is 2.69 bits per heavy atom. The quantitative estimate of drug-likeness (QED) is 0.822. The molecule has 0 amide bonds. The zero-order valence-corrected chi connectivity index (χ0v) is 11.4. The van der Waals surface area contributed by atoms with Gasteiger partial charge >= 0.3 is 0 Å². The van der Waals surface area contributed by atoms with Gasteiger partial charge in [0.2, 0.25) is 0 Å². The topological polar surface area (TPSA) is 46.2 Å². The summed E-state index contributed by atoms with van der Waals surface area (Å²) >= 11 is 5.17. The molecule has 1 aliphatic carbocycles. The van der Waals surface area contributed by atoms with E-state index in [1.54, 1.807) is 11.8 Å². The van der Waals surface area contributed by atoms with Crippen molar-refractivity contribution in [1.29, 1.82) is 0 Å². The smallest absolute Gasteiger partial charge is 0.0890 e. The van der Waals surface area contributed by atoms with E-state index in [1.807, 2.05) is 18.2 Å². The molecule has 1 saturated carbocycles. The fourth-order valence-electron chi connectivity index (χ4n) is 1.73. The van der Waals surface area contributed by atoms with Crippen molar-refractivity contribution in [3.63, 3.8) is 0 Å². The van der Waals surface area contributed by atoms with Crippen molar-refractivity contribution in [2.24, 2.45) is 11.7 Å². The van der Waals surface area contributed by atoms with E-state index < -0.39 is 5.60 Å². The average Bonchev–Trinajstić information content (AvgIpc) is 3.12. The number of aliphatic hydroxyl groups is 1. The van der Waals surface area contributed by atoms with Gasteiger partial charge in [0.15, 0.2) is 0 Å². The number of benzene rings is 1. The van der Waals surface area contributed by atoms with Gasteiger partial charge in [-0.15, -0.1) is 11.8 Å². The molecular formula is C12H16BrNOS. The summed E-state index contributed by atoms with van der Waals surface area (Å²) in [6.07, 6.45) is 2.23. The van der Waals surface area contributed by atoms with Gasteiger partial charge < -0.3 is 10.8 Å². The van der Waals surface area contributed by atoms with Gasteiger partial charge in [-0.2, -0.15) is 0 Å². The van der Waals surface area contributed by atoms with E-state index in [0.717, 1.165) is 22.2 Å². The van der Waals surface area contributed by atoms with Crippen molar-refractivity contribution in [1.82, 2.24) is 0 Å². The average molecular weight is 302 g/mol. The molecule has 1 unspecified atom stereocenters. The first kappa shape index (κ1) is 12.4. The van der Waals surface area contributed by atoms with Gasteiger partial charge in [0.05, 0.1) is 5.60 Å². The van der Waals surface area contributed by atoms with Gasteiger partial charge in [0.1, 0.15) is 0 Å². The van der Waals surface area contributed by atoms with E-state index in [-0.39, 0.29) is 0 Å². The molecule has 0 heterocycles. The lowest BCUT2D eigenvalue weighted by Crippen LogP contribution is -2.42. The van der Waals surface area contributed by atoms with E-state index in [9.17, 15) is 5.11 Å². The summed E-state index contributed by atoms with van der Waals surface area (Å²) in [5.74, 6) is 1.09. The van der Waals surface area contributed by atoms with Crippen molar-refractivity contribution in [2.45, 2.75) is 23.3 Å². The van der Waals surface area contributed by atoms with E-state index in [4.69, 9.17) is 5.73 Å². The molecule has 0 bridgehead atoms. The lowest BCUT2D eigenvalue weighted by molar-refractivity contribution is 0.0510. The second-order valence-electron chi connectivity index (χ2n) is 4.30. The lowest BCUT2D eigenvalue weighted by Gasteiger charge is -2.26. The molecule has 16 heavy (non-hydrogen) atoms. The monoisotopic (exact) mass is 301 g/mol. The third-order valence-electron chi connectivity index (χ3n) is 3.01. The third kappa shape index (κ3) is 2.80. The lowest BCUT2D eigenvalue weighted by atomic mass is 10.0. The van der Waals surface area contributed by atoms with Crippen LogP contribution >= 0.6 is 27.7 Å². The zero-order chi connectivity index (χ0) is 11.6. The fourth-order valence-corrected chi connectivity index (χ4v) is 3.50. The normalized spacial score (nSPS) is 19.4. The minimum absolute atomic E-state index is 0.356. The molecule has 2 rings (SSSR count). The van der Waals surface area contributed by atoms with E-state index in [2.05, 4.69) is 22.0 Å². The van der Waals surface area contributed by atoms with Crippen LogP contribution in [0.4, 0.5) is 0 Å². The Kier molecular flexibility index (Phi) is 3.95. The van der Waals surface area contributed by atoms with Crippen molar-refractivity contribution in [3.8, 4) is 0 Å². The molecule has 88 valence electrons. The summed E-state index contributed by atoms with van der Waals surface area (Å²) in [7, 11) is 0. The molecule has 1 aliphatic rings. The van der Waals surface area contributed by atoms with Crippen LogP contribution in [0.25, 0.3) is 0 Å². The molecule has 4 heteroatoms. The van der Waals surface area contributed by atoms with Crippen LogP contribution in [-0.2, 0) is 0 Å². The number of halogens is 1. The van der Waals surface area contributed by atoms with Crippen LogP contribution in [0, 0.1) is 5.92 Å². The van der Waals surface area contributed by atoms with Gasteiger partial charge in [-0.3, -0.25) is 0 Å². The van der Waals surface area contributed by atoms with E-state index in [1.165, 1.54) is 0 Å². The molecule has 1 aromatic carbocycles. The molecule has 3 N–H and O–H groups in total. The standard InChI is InChI=1S/C12H16BrNOS/c13-10-3-1-2-4-11(10)16-8-12(15,7-14)9-5-6-9/h1-4,9,15H,5-8,14H2. The minimum atomic E-state index is -0.681. The van der Waals surface area contributed by atoms with Crippen LogP contribution in [0.2, 0.25) is 0 Å². The first-order chi connectivity index (χ1) is 7.65. The van der Waals surface area contributed by atoms with Crippen LogP contribution in [-0.4, -0.2) is 23.0 Å². The number of rotatable bonds is 5. The van der Waals surface area contributed by atoms with Crippen LogP contribution in [0.1, 0.15) is 12.8 Å². The molecular weight excluding hydrogens is 286 g/mol. The maximum atomic E-state index is 10.4. The van der Waals surface area contributed by atoms with Gasteiger partial charge in [-0.25, -0.2) is 0 Å². The SMILES string of the molecule is NCC(O)(CSc1ccccc1Br)C1CC1. The Morgan fingerprint density at radius 2 is 2.12 bits per heavy atom. The van der Waals surface area contributed by atoms with Crippen LogP contribution in [0.15, 0.2) is 33.6 Å². The van der Waals surface area contributed by atoms with E-state index in [0.29, 0.717) is 18.2 Å². The first-order valence-corrected chi connectivity index (χ1v) is 7.23. The molecule has 0 aliphatic heterocycles. The molecule has 0 aromatic heterocycles. The maximum Gasteiger partial charge on any atom is 0.0890 e. The highest BCUT2D eigenvalue weighted by Crippen LogP contribution is 2.42. The number of hydrogen-bond acceptors (Lipinski definition) is 3. The largest absolute Gasteiger partial charge is 0.387 e. The summed E-state index contributed by atoms with van der Waals surface area (Å²) in [6.45, 7) is 0.356. The van der Waals surface area contributed by atoms with E-state index >= 15 is 0 Å².